The monoisotopic (exact) mass is 416 g/mol. The molecule has 0 aliphatic carbocycles. The normalized spacial score (nSPS) is 19.6. The second kappa shape index (κ2) is 7.34. The van der Waals surface area contributed by atoms with E-state index in [1.807, 2.05) is 60.4 Å². The van der Waals surface area contributed by atoms with E-state index in [9.17, 15) is 9.59 Å². The Morgan fingerprint density at radius 3 is 2.58 bits per heavy atom. The van der Waals surface area contributed by atoms with Gasteiger partial charge in [-0.25, -0.2) is 0 Å². The Balaban J connectivity index is 1.44. The molecule has 158 valence electrons. The molecule has 7 heteroatoms. The molecule has 3 heterocycles. The van der Waals surface area contributed by atoms with Crippen LogP contribution in [0.15, 0.2) is 53.3 Å². The van der Waals surface area contributed by atoms with Crippen LogP contribution in [0, 0.1) is 6.92 Å². The number of hydrogen-bond acceptors (Lipinski definition) is 5. The maximum absolute atomic E-state index is 13.2. The van der Waals surface area contributed by atoms with Gasteiger partial charge in [0, 0.05) is 30.8 Å². The van der Waals surface area contributed by atoms with Crippen LogP contribution in [0.5, 0.6) is 5.75 Å². The van der Waals surface area contributed by atoms with Crippen molar-refractivity contribution in [3.05, 3.63) is 75.8 Å². The summed E-state index contributed by atoms with van der Waals surface area (Å²) in [7, 11) is 1.60. The van der Waals surface area contributed by atoms with E-state index in [4.69, 9.17) is 4.74 Å². The zero-order valence-electron chi connectivity index (χ0n) is 17.7. The first-order valence-corrected chi connectivity index (χ1v) is 10.5. The molecular formula is C24H24N4O3. The van der Waals surface area contributed by atoms with Gasteiger partial charge in [-0.1, -0.05) is 17.7 Å². The smallest absolute Gasteiger partial charge is 0.280 e. The van der Waals surface area contributed by atoms with E-state index in [1.54, 1.807) is 11.7 Å². The maximum atomic E-state index is 13.2. The van der Waals surface area contributed by atoms with Gasteiger partial charge in [-0.2, -0.15) is 0 Å². The standard InChI is InChI=1S/C24H24N4O3/c1-16-4-3-5-18(14-16)21(29)27-12-10-24(15-27)11-13-28-22(30)20(25-26-23(24)28)17-6-8-19(31-2)9-7-17/h3-9,14H,10-13,15H2,1-2H3/t24-/m1/s1. The van der Waals surface area contributed by atoms with E-state index in [2.05, 4.69) is 10.2 Å². The fourth-order valence-corrected chi connectivity index (χ4v) is 4.78. The van der Waals surface area contributed by atoms with Gasteiger partial charge in [0.05, 0.1) is 12.5 Å². The molecule has 2 aliphatic heterocycles. The molecule has 2 aliphatic rings. The van der Waals surface area contributed by atoms with Crippen molar-refractivity contribution in [3.63, 3.8) is 0 Å². The minimum absolute atomic E-state index is 0.0317. The molecule has 0 saturated carbocycles. The first kappa shape index (κ1) is 19.5. The van der Waals surface area contributed by atoms with Gasteiger partial charge in [0.2, 0.25) is 0 Å². The number of ether oxygens (including phenoxy) is 1. The summed E-state index contributed by atoms with van der Waals surface area (Å²) in [6, 6.07) is 14.9. The van der Waals surface area contributed by atoms with E-state index in [1.165, 1.54) is 0 Å². The highest BCUT2D eigenvalue weighted by Crippen LogP contribution is 2.41. The first-order chi connectivity index (χ1) is 15.0. The van der Waals surface area contributed by atoms with Gasteiger partial charge < -0.3 is 9.64 Å². The molecule has 0 radical (unpaired) electrons. The topological polar surface area (TPSA) is 77.3 Å². The highest BCUT2D eigenvalue weighted by Gasteiger charge is 2.48. The second-order valence-corrected chi connectivity index (χ2v) is 8.43. The van der Waals surface area contributed by atoms with Gasteiger partial charge in [-0.3, -0.25) is 14.2 Å². The summed E-state index contributed by atoms with van der Waals surface area (Å²) in [4.78, 5) is 28.1. The lowest BCUT2D eigenvalue weighted by Gasteiger charge is -2.23. The fraction of sp³-hybridized carbons (Fsp3) is 0.333. The van der Waals surface area contributed by atoms with Crippen LogP contribution in [0.4, 0.5) is 0 Å². The quantitative estimate of drug-likeness (QED) is 0.656. The van der Waals surface area contributed by atoms with Crippen LogP contribution in [0.3, 0.4) is 0 Å². The highest BCUT2D eigenvalue weighted by atomic mass is 16.5. The number of carbonyl (C=O) groups excluding carboxylic acids is 1. The van der Waals surface area contributed by atoms with Crippen LogP contribution < -0.4 is 10.3 Å². The summed E-state index contributed by atoms with van der Waals surface area (Å²) in [5.41, 5.74) is 2.40. The lowest BCUT2D eigenvalue weighted by molar-refractivity contribution is 0.0783. The summed E-state index contributed by atoms with van der Waals surface area (Å²) in [6.07, 6.45) is 1.58. The molecule has 1 fully saturated rings. The Kier molecular flexibility index (Phi) is 4.61. The van der Waals surface area contributed by atoms with Gasteiger partial charge in [0.25, 0.3) is 11.5 Å². The van der Waals surface area contributed by atoms with Crippen LogP contribution in [0.2, 0.25) is 0 Å². The number of nitrogens with zero attached hydrogens (tertiary/aromatic N) is 4. The number of methoxy groups -OCH3 is 1. The summed E-state index contributed by atoms with van der Waals surface area (Å²) in [5.74, 6) is 1.46. The van der Waals surface area contributed by atoms with Crippen molar-refractivity contribution in [2.45, 2.75) is 31.7 Å². The van der Waals surface area contributed by atoms with Crippen molar-refractivity contribution >= 4 is 5.91 Å². The van der Waals surface area contributed by atoms with Crippen molar-refractivity contribution < 1.29 is 9.53 Å². The van der Waals surface area contributed by atoms with Crippen molar-refractivity contribution in [1.29, 1.82) is 0 Å². The average Bonchev–Trinajstić information content (AvgIpc) is 3.39. The Morgan fingerprint density at radius 2 is 1.84 bits per heavy atom. The van der Waals surface area contributed by atoms with Crippen molar-refractivity contribution in [2.75, 3.05) is 20.2 Å². The summed E-state index contributed by atoms with van der Waals surface area (Å²) in [5, 5.41) is 8.81. The van der Waals surface area contributed by atoms with Crippen molar-refractivity contribution in [3.8, 4) is 17.0 Å². The molecule has 1 spiro atoms. The Labute approximate surface area is 180 Å². The molecular weight excluding hydrogens is 392 g/mol. The molecule has 3 aromatic rings. The predicted molar refractivity (Wildman–Crippen MR) is 116 cm³/mol. The number of amides is 1. The van der Waals surface area contributed by atoms with Crippen molar-refractivity contribution in [2.24, 2.45) is 0 Å². The second-order valence-electron chi connectivity index (χ2n) is 8.43. The third-order valence-electron chi connectivity index (χ3n) is 6.51. The van der Waals surface area contributed by atoms with E-state index >= 15 is 0 Å². The Bertz CT molecular complexity index is 1220. The number of benzene rings is 2. The summed E-state index contributed by atoms with van der Waals surface area (Å²) < 4.78 is 6.93. The van der Waals surface area contributed by atoms with E-state index in [0.717, 1.165) is 29.7 Å². The average molecular weight is 416 g/mol. The highest BCUT2D eigenvalue weighted by molar-refractivity contribution is 5.94. The van der Waals surface area contributed by atoms with Gasteiger partial charge in [0.15, 0.2) is 5.69 Å². The minimum atomic E-state index is -0.302. The SMILES string of the molecule is COc1ccc(-c2nnc3n(c2=O)CC[C@@]32CCN(C(=O)c3cccc(C)c3)C2)cc1. The lowest BCUT2D eigenvalue weighted by Crippen LogP contribution is -2.35. The van der Waals surface area contributed by atoms with Gasteiger partial charge in [-0.15, -0.1) is 10.2 Å². The molecule has 5 rings (SSSR count). The zero-order valence-corrected chi connectivity index (χ0v) is 17.7. The number of carbonyl (C=O) groups is 1. The molecule has 7 nitrogen and oxygen atoms in total. The molecule has 2 aromatic carbocycles. The molecule has 1 atom stereocenters. The van der Waals surface area contributed by atoms with Crippen LogP contribution in [0.1, 0.15) is 34.6 Å². The van der Waals surface area contributed by atoms with Crippen LogP contribution >= 0.6 is 0 Å². The van der Waals surface area contributed by atoms with Crippen LogP contribution in [-0.4, -0.2) is 45.8 Å². The fourth-order valence-electron chi connectivity index (χ4n) is 4.78. The number of aryl methyl sites for hydroxylation is 1. The van der Waals surface area contributed by atoms with Gasteiger partial charge in [-0.05, 0) is 56.2 Å². The van der Waals surface area contributed by atoms with Crippen LogP contribution in [0.25, 0.3) is 11.3 Å². The third-order valence-corrected chi connectivity index (χ3v) is 6.51. The molecule has 1 aromatic heterocycles. The molecule has 0 bridgehead atoms. The molecule has 1 saturated heterocycles. The number of rotatable bonds is 3. The van der Waals surface area contributed by atoms with Crippen LogP contribution in [-0.2, 0) is 12.0 Å². The third kappa shape index (κ3) is 3.21. The lowest BCUT2D eigenvalue weighted by atomic mass is 9.85. The number of fused-ring (bicyclic) bond motifs is 2. The van der Waals surface area contributed by atoms with E-state index in [0.29, 0.717) is 36.7 Å². The summed E-state index contributed by atoms with van der Waals surface area (Å²) in [6.45, 7) is 3.80. The van der Waals surface area contributed by atoms with Gasteiger partial charge in [0.1, 0.15) is 11.6 Å². The number of aromatic nitrogens is 3. The molecule has 0 N–H and O–H groups in total. The maximum Gasteiger partial charge on any atom is 0.280 e. The number of hydrogen-bond donors (Lipinski definition) is 0. The predicted octanol–water partition coefficient (Wildman–Crippen LogP) is 2.81. The summed E-state index contributed by atoms with van der Waals surface area (Å²) >= 11 is 0. The first-order valence-electron chi connectivity index (χ1n) is 10.5. The molecule has 1 amide bonds. The largest absolute Gasteiger partial charge is 0.497 e. The van der Waals surface area contributed by atoms with Crippen molar-refractivity contribution in [1.82, 2.24) is 19.7 Å². The van der Waals surface area contributed by atoms with E-state index in [-0.39, 0.29) is 16.9 Å². The Hall–Kier alpha value is -3.48. The number of likely N-dealkylation sites (tertiary alicyclic amines) is 1. The zero-order chi connectivity index (χ0) is 21.6. The van der Waals surface area contributed by atoms with Gasteiger partial charge >= 0.3 is 0 Å². The van der Waals surface area contributed by atoms with E-state index < -0.39 is 0 Å². The molecule has 31 heavy (non-hydrogen) atoms. The Morgan fingerprint density at radius 1 is 1.06 bits per heavy atom. The minimum Gasteiger partial charge on any atom is -0.497 e. The molecule has 0 unspecified atom stereocenters.